The largest absolute Gasteiger partial charge is 0.337 e. The molecule has 1 N–H and O–H groups in total. The van der Waals surface area contributed by atoms with E-state index in [1.165, 1.54) is 0 Å². The zero-order valence-corrected chi connectivity index (χ0v) is 12.8. The van der Waals surface area contributed by atoms with E-state index in [1.54, 1.807) is 17.5 Å². The minimum Gasteiger partial charge on any atom is -0.337 e. The van der Waals surface area contributed by atoms with Crippen LogP contribution in [-0.4, -0.2) is 24.3 Å². The number of H-pyrrole nitrogens is 1. The fourth-order valence-electron chi connectivity index (χ4n) is 2.74. The number of imidazole rings is 2. The van der Waals surface area contributed by atoms with E-state index < -0.39 is 0 Å². The van der Waals surface area contributed by atoms with Crippen LogP contribution in [0.15, 0.2) is 60.5 Å². The van der Waals surface area contributed by atoms with Gasteiger partial charge in [0.05, 0.1) is 16.7 Å². The molecule has 0 aliphatic heterocycles. The van der Waals surface area contributed by atoms with E-state index in [-0.39, 0.29) is 0 Å². The summed E-state index contributed by atoms with van der Waals surface area (Å²) in [5.74, 6) is 0.821. The third-order valence-electron chi connectivity index (χ3n) is 3.82. The summed E-state index contributed by atoms with van der Waals surface area (Å²) >= 11 is 1.63. The maximum atomic E-state index is 4.70. The molecule has 1 aromatic carbocycles. The van der Waals surface area contributed by atoms with Gasteiger partial charge in [0.1, 0.15) is 5.82 Å². The predicted molar refractivity (Wildman–Crippen MR) is 91.4 cm³/mol. The molecule has 5 nitrogen and oxygen atoms in total. The topological polar surface area (TPSA) is 58.9 Å². The number of hydrogen-bond acceptors (Lipinski definition) is 4. The lowest BCUT2D eigenvalue weighted by Crippen LogP contribution is -1.81. The molecule has 0 spiro atoms. The van der Waals surface area contributed by atoms with Crippen LogP contribution in [0.3, 0.4) is 0 Å². The number of pyridine rings is 1. The molecular formula is C17H11N5S. The van der Waals surface area contributed by atoms with Gasteiger partial charge in [-0.05, 0) is 18.2 Å². The van der Waals surface area contributed by atoms with Crippen LogP contribution in [0.4, 0.5) is 0 Å². The van der Waals surface area contributed by atoms with E-state index >= 15 is 0 Å². The Balaban J connectivity index is 1.73. The lowest BCUT2D eigenvalue weighted by Gasteiger charge is -1.98. The van der Waals surface area contributed by atoms with Gasteiger partial charge in [0.15, 0.2) is 4.96 Å². The summed E-state index contributed by atoms with van der Waals surface area (Å²) in [6, 6.07) is 10.00. The van der Waals surface area contributed by atoms with Crippen molar-refractivity contribution in [1.29, 1.82) is 0 Å². The van der Waals surface area contributed by atoms with Crippen LogP contribution < -0.4 is 0 Å². The smallest absolute Gasteiger partial charge is 0.194 e. The zero-order chi connectivity index (χ0) is 15.2. The highest BCUT2D eigenvalue weighted by Gasteiger charge is 2.12. The van der Waals surface area contributed by atoms with Crippen molar-refractivity contribution in [2.45, 2.75) is 0 Å². The first-order chi connectivity index (χ1) is 11.4. The number of thiazole rings is 1. The number of nitrogens with zero attached hydrogens (tertiary/aromatic N) is 4. The van der Waals surface area contributed by atoms with Gasteiger partial charge in [-0.15, -0.1) is 11.3 Å². The van der Waals surface area contributed by atoms with E-state index in [4.69, 9.17) is 4.98 Å². The van der Waals surface area contributed by atoms with Crippen molar-refractivity contribution in [2.75, 3.05) is 0 Å². The Morgan fingerprint density at radius 1 is 1.09 bits per heavy atom. The van der Waals surface area contributed by atoms with Crippen LogP contribution >= 0.6 is 11.3 Å². The third-order valence-corrected chi connectivity index (χ3v) is 4.59. The first-order valence-corrected chi connectivity index (χ1v) is 8.08. The second kappa shape index (κ2) is 4.76. The van der Waals surface area contributed by atoms with Crippen molar-refractivity contribution in [2.24, 2.45) is 0 Å². The van der Waals surface area contributed by atoms with Gasteiger partial charge in [-0.1, -0.05) is 12.1 Å². The summed E-state index contributed by atoms with van der Waals surface area (Å²) < 4.78 is 2.04. The number of aromatic amines is 1. The zero-order valence-electron chi connectivity index (χ0n) is 12.0. The Morgan fingerprint density at radius 2 is 2.09 bits per heavy atom. The monoisotopic (exact) mass is 317 g/mol. The van der Waals surface area contributed by atoms with Gasteiger partial charge in [-0.25, -0.2) is 9.97 Å². The summed E-state index contributed by atoms with van der Waals surface area (Å²) in [4.78, 5) is 17.9. The summed E-state index contributed by atoms with van der Waals surface area (Å²) in [5, 5.41) is 2.03. The molecule has 5 aromatic rings. The van der Waals surface area contributed by atoms with Crippen molar-refractivity contribution in [1.82, 2.24) is 24.3 Å². The first kappa shape index (κ1) is 12.5. The van der Waals surface area contributed by atoms with Gasteiger partial charge in [0.2, 0.25) is 0 Å². The second-order valence-corrected chi connectivity index (χ2v) is 6.12. The Kier molecular flexibility index (Phi) is 2.59. The van der Waals surface area contributed by atoms with Crippen LogP contribution in [0.2, 0.25) is 0 Å². The molecule has 0 unspecified atom stereocenters. The van der Waals surface area contributed by atoms with E-state index in [0.29, 0.717) is 0 Å². The Bertz CT molecular complexity index is 1090. The molecule has 23 heavy (non-hydrogen) atoms. The number of aromatic nitrogens is 5. The molecule has 0 saturated heterocycles. The van der Waals surface area contributed by atoms with Crippen LogP contribution in [0.5, 0.6) is 0 Å². The van der Waals surface area contributed by atoms with Gasteiger partial charge >= 0.3 is 0 Å². The highest BCUT2D eigenvalue weighted by Crippen LogP contribution is 2.29. The molecule has 5 rings (SSSR count). The van der Waals surface area contributed by atoms with Gasteiger partial charge in [0, 0.05) is 41.3 Å². The maximum Gasteiger partial charge on any atom is 0.194 e. The van der Waals surface area contributed by atoms with Crippen molar-refractivity contribution in [3.63, 3.8) is 0 Å². The van der Waals surface area contributed by atoms with E-state index in [1.807, 2.05) is 52.6 Å². The molecule has 0 fully saturated rings. The number of para-hydroxylation sites is 1. The predicted octanol–water partition coefficient (Wildman–Crippen LogP) is 4.00. The lowest BCUT2D eigenvalue weighted by atomic mass is 10.1. The lowest BCUT2D eigenvalue weighted by molar-refractivity contribution is 1.23. The van der Waals surface area contributed by atoms with Gasteiger partial charge in [0.25, 0.3) is 0 Å². The van der Waals surface area contributed by atoms with Gasteiger partial charge in [-0.3, -0.25) is 9.38 Å². The van der Waals surface area contributed by atoms with Crippen LogP contribution in [0.25, 0.3) is 38.6 Å². The number of benzene rings is 1. The fraction of sp³-hybridized carbons (Fsp3) is 0. The van der Waals surface area contributed by atoms with Crippen molar-refractivity contribution in [3.05, 3.63) is 60.5 Å². The summed E-state index contributed by atoms with van der Waals surface area (Å²) in [6.07, 6.45) is 7.63. The molecule has 0 amide bonds. The SMILES string of the molecule is c1cncc(-c2nc3cccc(-c4cn5ccsc5n4)c3[nH]2)c1. The Labute approximate surface area is 135 Å². The highest BCUT2D eigenvalue weighted by molar-refractivity contribution is 7.15. The van der Waals surface area contributed by atoms with Crippen LogP contribution in [0, 0.1) is 0 Å². The standard InChI is InChI=1S/C17H11N5S/c1-4-12(14-10-22-7-8-23-17(22)20-14)15-13(5-1)19-16(21-15)11-3-2-6-18-9-11/h1-10H,(H,19,21). The highest BCUT2D eigenvalue weighted by atomic mass is 32.1. The summed E-state index contributed by atoms with van der Waals surface area (Å²) in [5.41, 5.74) is 4.90. The number of nitrogens with one attached hydrogen (secondary N) is 1. The maximum absolute atomic E-state index is 4.70. The second-order valence-electron chi connectivity index (χ2n) is 5.25. The molecule has 0 aliphatic rings. The number of fused-ring (bicyclic) bond motifs is 2. The summed E-state index contributed by atoms with van der Waals surface area (Å²) in [7, 11) is 0. The number of rotatable bonds is 2. The van der Waals surface area contributed by atoms with Gasteiger partial charge < -0.3 is 4.98 Å². The molecule has 110 valence electrons. The van der Waals surface area contributed by atoms with Gasteiger partial charge in [-0.2, -0.15) is 0 Å². The number of hydrogen-bond donors (Lipinski definition) is 1. The van der Waals surface area contributed by atoms with E-state index in [2.05, 4.69) is 21.0 Å². The van der Waals surface area contributed by atoms with Crippen molar-refractivity contribution >= 4 is 27.3 Å². The van der Waals surface area contributed by atoms with Crippen LogP contribution in [0.1, 0.15) is 0 Å². The molecule has 6 heteroatoms. The molecule has 0 radical (unpaired) electrons. The fourth-order valence-corrected chi connectivity index (χ4v) is 3.44. The molecular weight excluding hydrogens is 306 g/mol. The Hall–Kier alpha value is -2.99. The van der Waals surface area contributed by atoms with Crippen molar-refractivity contribution < 1.29 is 0 Å². The molecule has 0 aliphatic carbocycles. The molecule has 0 bridgehead atoms. The normalized spacial score (nSPS) is 11.5. The Morgan fingerprint density at radius 3 is 2.96 bits per heavy atom. The molecule has 0 atom stereocenters. The summed E-state index contributed by atoms with van der Waals surface area (Å²) in [6.45, 7) is 0. The average molecular weight is 317 g/mol. The van der Waals surface area contributed by atoms with E-state index in [0.717, 1.165) is 38.6 Å². The third kappa shape index (κ3) is 1.96. The van der Waals surface area contributed by atoms with Crippen molar-refractivity contribution in [3.8, 4) is 22.6 Å². The molecule has 4 aromatic heterocycles. The molecule has 0 saturated carbocycles. The average Bonchev–Trinajstić information content (AvgIpc) is 3.28. The first-order valence-electron chi connectivity index (χ1n) is 7.20. The van der Waals surface area contributed by atoms with Crippen LogP contribution in [-0.2, 0) is 0 Å². The minimum atomic E-state index is 0.821. The van der Waals surface area contributed by atoms with E-state index in [9.17, 15) is 0 Å². The minimum absolute atomic E-state index is 0.821. The quantitative estimate of drug-likeness (QED) is 0.535. The molecule has 4 heterocycles.